The lowest BCUT2D eigenvalue weighted by Crippen LogP contribution is -2.40. The molecular formula is C22H27N3O4S. The molecule has 0 saturated heterocycles. The number of rotatable bonds is 8. The number of nitrogens with one attached hydrogen (secondary N) is 2. The third-order valence-electron chi connectivity index (χ3n) is 5.13. The molecule has 1 aliphatic rings. The average Bonchev–Trinajstić information content (AvgIpc) is 3.00. The zero-order valence-corrected chi connectivity index (χ0v) is 18.2. The van der Waals surface area contributed by atoms with Gasteiger partial charge in [0.2, 0.25) is 5.91 Å². The van der Waals surface area contributed by atoms with Gasteiger partial charge in [0, 0.05) is 5.56 Å². The molecule has 0 spiro atoms. The Bertz CT molecular complexity index is 1050. The van der Waals surface area contributed by atoms with E-state index >= 15 is 0 Å². The van der Waals surface area contributed by atoms with Crippen LogP contribution in [0.4, 0.5) is 0 Å². The molecule has 0 saturated carbocycles. The van der Waals surface area contributed by atoms with Crippen molar-refractivity contribution < 1.29 is 17.9 Å². The summed E-state index contributed by atoms with van der Waals surface area (Å²) in [5, 5.41) is 2.86. The Kier molecular flexibility index (Phi) is 6.77. The molecule has 2 atom stereocenters. The van der Waals surface area contributed by atoms with E-state index in [4.69, 9.17) is 4.74 Å². The van der Waals surface area contributed by atoms with Crippen molar-refractivity contribution in [1.82, 2.24) is 10.0 Å². The molecule has 30 heavy (non-hydrogen) atoms. The van der Waals surface area contributed by atoms with Crippen LogP contribution in [0.15, 0.2) is 58.4 Å². The van der Waals surface area contributed by atoms with Gasteiger partial charge in [0.25, 0.3) is 10.0 Å². The average molecular weight is 430 g/mol. The van der Waals surface area contributed by atoms with E-state index in [1.807, 2.05) is 45.0 Å². The number of amides is 1. The second-order valence-corrected chi connectivity index (χ2v) is 8.97. The van der Waals surface area contributed by atoms with Gasteiger partial charge in [0.15, 0.2) is 0 Å². The molecule has 2 aromatic rings. The fourth-order valence-corrected chi connectivity index (χ4v) is 4.43. The monoisotopic (exact) mass is 429 g/mol. The highest BCUT2D eigenvalue weighted by Crippen LogP contribution is 2.24. The minimum atomic E-state index is -3.65. The van der Waals surface area contributed by atoms with Gasteiger partial charge in [-0.2, -0.15) is 0 Å². The first-order valence-electron chi connectivity index (χ1n) is 9.99. The van der Waals surface area contributed by atoms with Crippen molar-refractivity contribution in [2.45, 2.75) is 38.1 Å². The fourth-order valence-electron chi connectivity index (χ4n) is 3.19. The molecule has 3 rings (SSSR count). The summed E-state index contributed by atoms with van der Waals surface area (Å²) in [6.45, 7) is 6.51. The number of sulfonamides is 1. The van der Waals surface area contributed by atoms with Crippen molar-refractivity contribution in [3.05, 3.63) is 59.7 Å². The number of para-hydroxylation sites is 1. The van der Waals surface area contributed by atoms with Gasteiger partial charge >= 0.3 is 0 Å². The van der Waals surface area contributed by atoms with E-state index in [0.717, 1.165) is 17.7 Å². The molecule has 0 fully saturated rings. The zero-order valence-electron chi connectivity index (χ0n) is 17.4. The Morgan fingerprint density at radius 2 is 1.87 bits per heavy atom. The number of hydrogen-bond donors (Lipinski definition) is 2. The van der Waals surface area contributed by atoms with Crippen molar-refractivity contribution >= 4 is 21.8 Å². The third kappa shape index (κ3) is 4.81. The number of amidine groups is 1. The summed E-state index contributed by atoms with van der Waals surface area (Å²) in [4.78, 5) is 17.5. The number of aryl methyl sites for hydroxylation is 1. The van der Waals surface area contributed by atoms with E-state index in [0.29, 0.717) is 18.7 Å². The first-order chi connectivity index (χ1) is 14.3. The summed E-state index contributed by atoms with van der Waals surface area (Å²) < 4.78 is 32.8. The lowest BCUT2D eigenvalue weighted by Gasteiger charge is -2.19. The molecule has 0 aromatic heterocycles. The van der Waals surface area contributed by atoms with Gasteiger partial charge in [-0.25, -0.2) is 8.42 Å². The van der Waals surface area contributed by atoms with Crippen LogP contribution in [0.5, 0.6) is 5.75 Å². The van der Waals surface area contributed by atoms with Crippen molar-refractivity contribution in [3.63, 3.8) is 0 Å². The molecule has 0 bridgehead atoms. The quantitative estimate of drug-likeness (QED) is 0.631. The molecule has 1 amide bonds. The Labute approximate surface area is 177 Å². The predicted molar refractivity (Wildman–Crippen MR) is 116 cm³/mol. The largest absolute Gasteiger partial charge is 0.491 e. The smallest absolute Gasteiger partial charge is 0.263 e. The summed E-state index contributed by atoms with van der Waals surface area (Å²) in [7, 11) is -3.65. The number of fused-ring (bicyclic) bond motifs is 1. The van der Waals surface area contributed by atoms with E-state index < -0.39 is 16.1 Å². The zero-order chi connectivity index (χ0) is 21.7. The summed E-state index contributed by atoms with van der Waals surface area (Å²) >= 11 is 0. The molecule has 0 radical (unpaired) electrons. The second-order valence-electron chi connectivity index (χ2n) is 7.31. The van der Waals surface area contributed by atoms with Crippen LogP contribution in [0.2, 0.25) is 0 Å². The highest BCUT2D eigenvalue weighted by molar-refractivity contribution is 7.90. The van der Waals surface area contributed by atoms with Crippen LogP contribution in [-0.4, -0.2) is 39.4 Å². The Hall–Kier alpha value is -2.87. The first-order valence-corrected chi connectivity index (χ1v) is 11.5. The van der Waals surface area contributed by atoms with Gasteiger partial charge in [0.1, 0.15) is 24.2 Å². The number of carbonyl (C=O) groups excluding carboxylic acids is 1. The maximum Gasteiger partial charge on any atom is 0.263 e. The predicted octanol–water partition coefficient (Wildman–Crippen LogP) is 2.64. The van der Waals surface area contributed by atoms with Crippen LogP contribution in [0.1, 0.15) is 31.4 Å². The molecule has 1 aliphatic heterocycles. The molecule has 160 valence electrons. The van der Waals surface area contributed by atoms with Crippen LogP contribution in [0.3, 0.4) is 0 Å². The number of benzene rings is 2. The van der Waals surface area contributed by atoms with Gasteiger partial charge < -0.3 is 10.1 Å². The lowest BCUT2D eigenvalue weighted by atomic mass is 9.98. The number of hydrogen-bond acceptors (Lipinski definition) is 5. The van der Waals surface area contributed by atoms with Crippen molar-refractivity contribution in [1.29, 1.82) is 0 Å². The number of carbonyl (C=O) groups is 1. The Morgan fingerprint density at radius 1 is 1.17 bits per heavy atom. The van der Waals surface area contributed by atoms with Crippen LogP contribution < -0.4 is 14.8 Å². The molecule has 8 heteroatoms. The molecule has 2 aromatic carbocycles. The number of aliphatic imine (C=N–C) groups is 1. The van der Waals surface area contributed by atoms with Gasteiger partial charge in [-0.3, -0.25) is 14.5 Å². The molecule has 2 N–H and O–H groups in total. The summed E-state index contributed by atoms with van der Waals surface area (Å²) in [5.41, 5.74) is 1.52. The van der Waals surface area contributed by atoms with Crippen LogP contribution in [0.25, 0.3) is 0 Å². The van der Waals surface area contributed by atoms with Gasteiger partial charge in [-0.05, 0) is 36.6 Å². The standard InChI is InChI=1S/C22H27N3O4S/c1-4-15(2)20(22(26)23-13-14-29-18-11-7-5-9-16(18)3)24-21-17-10-6-8-12-19(17)30(27,28)25-21/h5-12,15,20H,4,13-14H2,1-3H3,(H,23,26)(H,24,25)/t15-,20-/m0/s1. The molecule has 7 nitrogen and oxygen atoms in total. The lowest BCUT2D eigenvalue weighted by molar-refractivity contribution is -0.123. The second kappa shape index (κ2) is 9.30. The van der Waals surface area contributed by atoms with Crippen LogP contribution in [-0.2, 0) is 14.8 Å². The van der Waals surface area contributed by atoms with Gasteiger partial charge in [0.05, 0.1) is 11.4 Å². The summed E-state index contributed by atoms with van der Waals surface area (Å²) in [5.74, 6) is 0.672. The van der Waals surface area contributed by atoms with Gasteiger partial charge in [-0.1, -0.05) is 50.6 Å². The third-order valence-corrected chi connectivity index (χ3v) is 6.53. The normalized spacial score (nSPS) is 17.6. The van der Waals surface area contributed by atoms with Gasteiger partial charge in [-0.15, -0.1) is 0 Å². The van der Waals surface area contributed by atoms with E-state index in [1.54, 1.807) is 18.2 Å². The number of nitrogens with zero attached hydrogens (tertiary/aromatic N) is 1. The van der Waals surface area contributed by atoms with Crippen LogP contribution >= 0.6 is 0 Å². The van der Waals surface area contributed by atoms with E-state index in [9.17, 15) is 13.2 Å². The van der Waals surface area contributed by atoms with E-state index in [2.05, 4.69) is 15.0 Å². The molecule has 0 unspecified atom stereocenters. The van der Waals surface area contributed by atoms with Crippen molar-refractivity contribution in [2.24, 2.45) is 10.9 Å². The van der Waals surface area contributed by atoms with Crippen molar-refractivity contribution in [2.75, 3.05) is 13.2 Å². The molecular weight excluding hydrogens is 402 g/mol. The fraction of sp³-hybridized carbons (Fsp3) is 0.364. The highest BCUT2D eigenvalue weighted by Gasteiger charge is 2.33. The maximum atomic E-state index is 12.8. The highest BCUT2D eigenvalue weighted by atomic mass is 32.2. The number of ether oxygens (including phenoxy) is 1. The summed E-state index contributed by atoms with van der Waals surface area (Å²) in [6.07, 6.45) is 0.725. The summed E-state index contributed by atoms with van der Waals surface area (Å²) in [6, 6.07) is 13.6. The molecule has 0 aliphatic carbocycles. The maximum absolute atomic E-state index is 12.8. The van der Waals surface area contributed by atoms with E-state index in [-0.39, 0.29) is 22.6 Å². The SMILES string of the molecule is CC[C@H](C)[C@H](N=C1NS(=O)(=O)c2ccccc21)C(=O)NCCOc1ccccc1C. The Balaban J connectivity index is 1.70. The van der Waals surface area contributed by atoms with E-state index in [1.165, 1.54) is 6.07 Å². The topological polar surface area (TPSA) is 96.9 Å². The first kappa shape index (κ1) is 21.8. The van der Waals surface area contributed by atoms with Crippen molar-refractivity contribution in [3.8, 4) is 5.75 Å². The minimum Gasteiger partial charge on any atom is -0.491 e. The minimum absolute atomic E-state index is 0.0629. The van der Waals surface area contributed by atoms with Crippen LogP contribution in [0, 0.1) is 12.8 Å². The Morgan fingerprint density at radius 3 is 2.60 bits per heavy atom. The molecule has 1 heterocycles.